The minimum Gasteiger partial charge on any atom is -0.355 e. The standard InChI is InChI=1S/C19H28N2O2/c1-14-7-9-15(10-8-14)16-6-5-13-21(16)17(22)11-12-20-18(23)19(2,3)4/h7-10,16H,5-6,11-13H2,1-4H3,(H,20,23). The summed E-state index contributed by atoms with van der Waals surface area (Å²) in [6, 6.07) is 8.61. The predicted molar refractivity (Wildman–Crippen MR) is 91.9 cm³/mol. The van der Waals surface area contributed by atoms with Crippen molar-refractivity contribution < 1.29 is 9.59 Å². The summed E-state index contributed by atoms with van der Waals surface area (Å²) < 4.78 is 0. The fraction of sp³-hybridized carbons (Fsp3) is 0.579. The summed E-state index contributed by atoms with van der Waals surface area (Å²) in [6.07, 6.45) is 2.42. The number of benzene rings is 1. The molecule has 2 amide bonds. The SMILES string of the molecule is Cc1ccc(C2CCCN2C(=O)CCNC(=O)C(C)(C)C)cc1. The molecule has 0 spiro atoms. The molecule has 1 unspecified atom stereocenters. The zero-order chi connectivity index (χ0) is 17.0. The Hall–Kier alpha value is -1.84. The third-order valence-corrected chi connectivity index (χ3v) is 4.34. The van der Waals surface area contributed by atoms with Crippen LogP contribution in [0.5, 0.6) is 0 Å². The van der Waals surface area contributed by atoms with Crippen molar-refractivity contribution in [3.8, 4) is 0 Å². The Morgan fingerprint density at radius 1 is 1.22 bits per heavy atom. The third-order valence-electron chi connectivity index (χ3n) is 4.34. The van der Waals surface area contributed by atoms with Crippen LogP contribution >= 0.6 is 0 Å². The van der Waals surface area contributed by atoms with Crippen molar-refractivity contribution in [2.75, 3.05) is 13.1 Å². The van der Waals surface area contributed by atoms with Crippen molar-refractivity contribution in [2.45, 2.75) is 53.0 Å². The van der Waals surface area contributed by atoms with Crippen molar-refractivity contribution in [1.29, 1.82) is 0 Å². The van der Waals surface area contributed by atoms with Gasteiger partial charge < -0.3 is 10.2 Å². The maximum atomic E-state index is 12.5. The van der Waals surface area contributed by atoms with Crippen LogP contribution in [0.2, 0.25) is 0 Å². The van der Waals surface area contributed by atoms with Crippen molar-refractivity contribution in [2.24, 2.45) is 5.41 Å². The first-order valence-corrected chi connectivity index (χ1v) is 8.43. The van der Waals surface area contributed by atoms with Crippen LogP contribution in [0.25, 0.3) is 0 Å². The van der Waals surface area contributed by atoms with Crippen LogP contribution in [0.15, 0.2) is 24.3 Å². The molecule has 1 atom stereocenters. The molecule has 4 heteroatoms. The van der Waals surface area contributed by atoms with E-state index in [1.54, 1.807) is 0 Å². The van der Waals surface area contributed by atoms with Crippen LogP contribution < -0.4 is 5.32 Å². The first kappa shape index (κ1) is 17.5. The van der Waals surface area contributed by atoms with E-state index >= 15 is 0 Å². The molecule has 4 nitrogen and oxygen atoms in total. The molecule has 23 heavy (non-hydrogen) atoms. The van der Waals surface area contributed by atoms with E-state index in [1.165, 1.54) is 11.1 Å². The third kappa shape index (κ3) is 4.57. The second-order valence-electron chi connectivity index (χ2n) is 7.41. The second-order valence-corrected chi connectivity index (χ2v) is 7.41. The van der Waals surface area contributed by atoms with Gasteiger partial charge in [0.2, 0.25) is 11.8 Å². The summed E-state index contributed by atoms with van der Waals surface area (Å²) in [7, 11) is 0. The highest BCUT2D eigenvalue weighted by Crippen LogP contribution is 2.32. The van der Waals surface area contributed by atoms with E-state index in [-0.39, 0.29) is 17.9 Å². The van der Waals surface area contributed by atoms with Gasteiger partial charge in [0.05, 0.1) is 6.04 Å². The molecular weight excluding hydrogens is 288 g/mol. The zero-order valence-corrected chi connectivity index (χ0v) is 14.7. The molecule has 1 N–H and O–H groups in total. The molecule has 1 aromatic rings. The number of likely N-dealkylation sites (tertiary alicyclic amines) is 1. The number of nitrogens with one attached hydrogen (secondary N) is 1. The first-order chi connectivity index (χ1) is 10.8. The van der Waals surface area contributed by atoms with Gasteiger partial charge >= 0.3 is 0 Å². The maximum absolute atomic E-state index is 12.5. The highest BCUT2D eigenvalue weighted by Gasteiger charge is 2.29. The van der Waals surface area contributed by atoms with Crippen molar-refractivity contribution in [1.82, 2.24) is 10.2 Å². The fourth-order valence-corrected chi connectivity index (χ4v) is 2.89. The molecule has 126 valence electrons. The van der Waals surface area contributed by atoms with Crippen molar-refractivity contribution >= 4 is 11.8 Å². The lowest BCUT2D eigenvalue weighted by Gasteiger charge is -2.26. The van der Waals surface area contributed by atoms with Gasteiger partial charge in [-0.25, -0.2) is 0 Å². The van der Waals surface area contributed by atoms with Crippen LogP contribution in [-0.4, -0.2) is 29.8 Å². The quantitative estimate of drug-likeness (QED) is 0.927. The lowest BCUT2D eigenvalue weighted by atomic mass is 9.96. The van der Waals surface area contributed by atoms with E-state index < -0.39 is 5.41 Å². The average Bonchev–Trinajstić information content (AvgIpc) is 2.96. The molecule has 0 aliphatic carbocycles. The molecule has 1 heterocycles. The molecule has 1 aliphatic heterocycles. The lowest BCUT2D eigenvalue weighted by Crippen LogP contribution is -2.38. The minimum atomic E-state index is -0.416. The fourth-order valence-electron chi connectivity index (χ4n) is 2.89. The minimum absolute atomic E-state index is 0.0122. The van der Waals surface area contributed by atoms with Gasteiger partial charge in [-0.1, -0.05) is 50.6 Å². The molecule has 0 aromatic heterocycles. The van der Waals surface area contributed by atoms with Gasteiger partial charge in [0.25, 0.3) is 0 Å². The Morgan fingerprint density at radius 2 is 1.87 bits per heavy atom. The van der Waals surface area contributed by atoms with E-state index in [4.69, 9.17) is 0 Å². The lowest BCUT2D eigenvalue weighted by molar-refractivity contribution is -0.132. The monoisotopic (exact) mass is 316 g/mol. The van der Waals surface area contributed by atoms with Crippen LogP contribution in [0.1, 0.15) is 57.2 Å². The summed E-state index contributed by atoms with van der Waals surface area (Å²) in [4.78, 5) is 26.3. The highest BCUT2D eigenvalue weighted by molar-refractivity contribution is 5.82. The van der Waals surface area contributed by atoms with Crippen molar-refractivity contribution in [3.05, 3.63) is 35.4 Å². The van der Waals surface area contributed by atoms with Crippen molar-refractivity contribution in [3.63, 3.8) is 0 Å². The molecule has 2 rings (SSSR count). The zero-order valence-electron chi connectivity index (χ0n) is 14.7. The van der Waals surface area contributed by atoms with Gasteiger partial charge in [-0.15, -0.1) is 0 Å². The summed E-state index contributed by atoms with van der Waals surface area (Å²) >= 11 is 0. The smallest absolute Gasteiger partial charge is 0.225 e. The van der Waals surface area contributed by atoms with Crippen LogP contribution in [0.3, 0.4) is 0 Å². The normalized spacial score (nSPS) is 18.1. The van der Waals surface area contributed by atoms with E-state index in [0.717, 1.165) is 19.4 Å². The predicted octanol–water partition coefficient (Wildman–Crippen LogP) is 3.21. The number of hydrogen-bond donors (Lipinski definition) is 1. The van der Waals surface area contributed by atoms with E-state index in [0.29, 0.717) is 13.0 Å². The number of carbonyl (C=O) groups is 2. The first-order valence-electron chi connectivity index (χ1n) is 8.43. The van der Waals surface area contributed by atoms with Crippen LogP contribution in [0.4, 0.5) is 0 Å². The Kier molecular flexibility index (Phi) is 5.45. The van der Waals surface area contributed by atoms with E-state index in [1.807, 2.05) is 25.7 Å². The molecule has 0 saturated carbocycles. The van der Waals surface area contributed by atoms with Gasteiger partial charge in [0, 0.05) is 24.9 Å². The highest BCUT2D eigenvalue weighted by atomic mass is 16.2. The van der Waals surface area contributed by atoms with Gasteiger partial charge in [0.15, 0.2) is 0 Å². The Balaban J connectivity index is 1.91. The summed E-state index contributed by atoms with van der Waals surface area (Å²) in [6.45, 7) is 8.91. The van der Waals surface area contributed by atoms with Crippen LogP contribution in [-0.2, 0) is 9.59 Å². The van der Waals surface area contributed by atoms with Crippen LogP contribution in [0, 0.1) is 12.3 Å². The number of nitrogens with zero attached hydrogens (tertiary/aromatic N) is 1. The molecule has 1 saturated heterocycles. The topological polar surface area (TPSA) is 49.4 Å². The largest absolute Gasteiger partial charge is 0.355 e. The van der Waals surface area contributed by atoms with Gasteiger partial charge in [-0.3, -0.25) is 9.59 Å². The van der Waals surface area contributed by atoms with E-state index in [2.05, 4.69) is 36.5 Å². The second kappa shape index (κ2) is 7.16. The maximum Gasteiger partial charge on any atom is 0.225 e. The van der Waals surface area contributed by atoms with Gasteiger partial charge in [-0.2, -0.15) is 0 Å². The summed E-state index contributed by atoms with van der Waals surface area (Å²) in [5.74, 6) is 0.115. The molecule has 1 aliphatic rings. The summed E-state index contributed by atoms with van der Waals surface area (Å²) in [5.41, 5.74) is 2.02. The Morgan fingerprint density at radius 3 is 2.48 bits per heavy atom. The molecule has 1 aromatic carbocycles. The summed E-state index contributed by atoms with van der Waals surface area (Å²) in [5, 5.41) is 2.85. The molecule has 0 radical (unpaired) electrons. The van der Waals surface area contributed by atoms with Gasteiger partial charge in [-0.05, 0) is 25.3 Å². The number of aryl methyl sites for hydroxylation is 1. The number of amides is 2. The Labute approximate surface area is 139 Å². The number of rotatable bonds is 4. The number of carbonyl (C=O) groups excluding carboxylic acids is 2. The molecule has 1 fully saturated rings. The molecule has 0 bridgehead atoms. The Bertz CT molecular complexity index is 558. The molecular formula is C19H28N2O2. The average molecular weight is 316 g/mol. The number of hydrogen-bond acceptors (Lipinski definition) is 2. The van der Waals surface area contributed by atoms with Gasteiger partial charge in [0.1, 0.15) is 0 Å². The van der Waals surface area contributed by atoms with E-state index in [9.17, 15) is 9.59 Å².